The first-order valence-electron chi connectivity index (χ1n) is 12.0. The molecule has 9 heteroatoms. The predicted octanol–water partition coefficient (Wildman–Crippen LogP) is 3.56. The van der Waals surface area contributed by atoms with Gasteiger partial charge in [-0.2, -0.15) is 0 Å². The molecule has 0 unspecified atom stereocenters. The highest BCUT2D eigenvalue weighted by molar-refractivity contribution is 5.98. The van der Waals surface area contributed by atoms with E-state index in [0.29, 0.717) is 12.2 Å². The molecule has 0 aliphatic carbocycles. The number of nitrogens with one attached hydrogen (secondary N) is 1. The third-order valence-electron chi connectivity index (χ3n) is 5.59. The number of nitrogens with zero attached hydrogens (tertiary/aromatic N) is 2. The summed E-state index contributed by atoms with van der Waals surface area (Å²) >= 11 is 0. The monoisotopic (exact) mass is 498 g/mol. The van der Waals surface area contributed by atoms with Crippen molar-refractivity contribution >= 4 is 23.5 Å². The molecule has 9 nitrogen and oxygen atoms in total. The number of hydrogen-bond acceptors (Lipinski definition) is 6. The molecule has 0 aliphatic rings. The van der Waals surface area contributed by atoms with E-state index in [1.807, 2.05) is 65.0 Å². The topological polar surface area (TPSA) is 124 Å². The Bertz CT molecular complexity index is 992. The second-order valence-electron chi connectivity index (χ2n) is 10.2. The summed E-state index contributed by atoms with van der Waals surface area (Å²) in [5, 5.41) is 3.87. The Morgan fingerprint density at radius 1 is 1.06 bits per heavy atom. The van der Waals surface area contributed by atoms with Crippen LogP contribution in [0.15, 0.2) is 54.7 Å². The predicted molar refractivity (Wildman–Crippen MR) is 137 cm³/mol. The van der Waals surface area contributed by atoms with Crippen molar-refractivity contribution in [3.05, 3.63) is 60.3 Å². The van der Waals surface area contributed by atoms with E-state index in [2.05, 4.69) is 10.3 Å². The van der Waals surface area contributed by atoms with Crippen LogP contribution in [0.2, 0.25) is 0 Å². The quantitative estimate of drug-likeness (QED) is 0.431. The van der Waals surface area contributed by atoms with E-state index in [-0.39, 0.29) is 12.5 Å². The second-order valence-corrected chi connectivity index (χ2v) is 10.2. The van der Waals surface area contributed by atoms with Crippen molar-refractivity contribution in [3.8, 4) is 0 Å². The fourth-order valence-corrected chi connectivity index (χ4v) is 3.97. The minimum atomic E-state index is -1.18. The van der Waals surface area contributed by atoms with Gasteiger partial charge in [0, 0.05) is 13.3 Å². The summed E-state index contributed by atoms with van der Waals surface area (Å²) in [5.41, 5.74) is 5.65. The Hall–Kier alpha value is -3.30. The van der Waals surface area contributed by atoms with Gasteiger partial charge < -0.3 is 15.8 Å². The Morgan fingerprint density at radius 2 is 1.69 bits per heavy atom. The third kappa shape index (κ3) is 8.13. The number of rotatable bonds is 12. The fraction of sp³-hybridized carbons (Fsp3) is 0.481. The van der Waals surface area contributed by atoms with E-state index in [4.69, 9.17) is 15.3 Å². The summed E-state index contributed by atoms with van der Waals surface area (Å²) < 4.78 is 5.34. The van der Waals surface area contributed by atoms with Crippen LogP contribution >= 0.6 is 0 Å². The number of anilines is 1. The highest BCUT2D eigenvalue weighted by Gasteiger charge is 2.45. The number of carbonyl (C=O) groups is 3. The van der Waals surface area contributed by atoms with Crippen LogP contribution in [-0.4, -0.2) is 47.0 Å². The molecule has 0 aliphatic heterocycles. The standard InChI is InChI=1S/C27H38N4O5/c1-18(2)16-20(22(35-6)24(28)32)26(34)31(36-17-19-12-8-7-9-13-19)23(27(3,4)5)25(33)30-21-14-10-11-15-29-21/h7-15,18,20,22-23H,16-17H2,1-6H3,(H2,28,32)(H,29,30,33)/t20-,22+,23-/m1/s1. The van der Waals surface area contributed by atoms with Crippen molar-refractivity contribution in [2.45, 2.75) is 59.8 Å². The number of aromatic nitrogens is 1. The number of methoxy groups -OCH3 is 1. The lowest BCUT2D eigenvalue weighted by Gasteiger charge is -2.40. The molecule has 0 bridgehead atoms. The van der Waals surface area contributed by atoms with Gasteiger partial charge in [0.15, 0.2) is 0 Å². The average Bonchev–Trinajstić information content (AvgIpc) is 2.81. The van der Waals surface area contributed by atoms with Crippen molar-refractivity contribution in [3.63, 3.8) is 0 Å². The summed E-state index contributed by atoms with van der Waals surface area (Å²) in [6, 6.07) is 13.4. The van der Waals surface area contributed by atoms with Gasteiger partial charge in [0.1, 0.15) is 24.6 Å². The maximum absolute atomic E-state index is 14.1. The van der Waals surface area contributed by atoms with Crippen molar-refractivity contribution < 1.29 is 24.0 Å². The molecule has 0 saturated heterocycles. The lowest BCUT2D eigenvalue weighted by atomic mass is 9.84. The Labute approximate surface area is 213 Å². The lowest BCUT2D eigenvalue weighted by molar-refractivity contribution is -0.223. The molecule has 196 valence electrons. The molecule has 0 fully saturated rings. The van der Waals surface area contributed by atoms with Crippen LogP contribution in [0, 0.1) is 17.3 Å². The number of benzene rings is 1. The first-order chi connectivity index (χ1) is 17.0. The zero-order valence-electron chi connectivity index (χ0n) is 21.9. The summed E-state index contributed by atoms with van der Waals surface area (Å²) in [7, 11) is 1.33. The Balaban J connectivity index is 2.52. The Morgan fingerprint density at radius 3 is 2.19 bits per heavy atom. The highest BCUT2D eigenvalue weighted by atomic mass is 16.7. The first-order valence-corrected chi connectivity index (χ1v) is 12.0. The molecule has 1 aromatic carbocycles. The van der Waals surface area contributed by atoms with Crippen LogP contribution in [0.25, 0.3) is 0 Å². The first kappa shape index (κ1) is 28.9. The van der Waals surface area contributed by atoms with Gasteiger partial charge in [0.25, 0.3) is 11.8 Å². The smallest absolute Gasteiger partial charge is 0.253 e. The zero-order valence-corrected chi connectivity index (χ0v) is 21.9. The van der Waals surface area contributed by atoms with Gasteiger partial charge in [-0.05, 0) is 35.4 Å². The third-order valence-corrected chi connectivity index (χ3v) is 5.59. The van der Waals surface area contributed by atoms with Gasteiger partial charge >= 0.3 is 0 Å². The molecule has 36 heavy (non-hydrogen) atoms. The maximum Gasteiger partial charge on any atom is 0.253 e. The molecule has 0 saturated carbocycles. The number of nitrogens with two attached hydrogens (primary N) is 1. The maximum atomic E-state index is 14.1. The van der Waals surface area contributed by atoms with E-state index in [1.54, 1.807) is 24.4 Å². The molecule has 3 atom stereocenters. The second kappa shape index (κ2) is 13.1. The molecule has 1 heterocycles. The molecule has 2 rings (SSSR count). The van der Waals surface area contributed by atoms with Crippen molar-refractivity contribution in [1.29, 1.82) is 0 Å². The normalized spacial score (nSPS) is 14.1. The summed E-state index contributed by atoms with van der Waals surface area (Å²) in [6.45, 7) is 9.40. The van der Waals surface area contributed by atoms with Crippen molar-refractivity contribution in [1.82, 2.24) is 10.0 Å². The van der Waals surface area contributed by atoms with Crippen molar-refractivity contribution in [2.24, 2.45) is 23.0 Å². The van der Waals surface area contributed by atoms with E-state index in [0.717, 1.165) is 10.6 Å². The number of carbonyl (C=O) groups excluding carboxylic acids is 3. The molecule has 0 radical (unpaired) electrons. The average molecular weight is 499 g/mol. The minimum Gasteiger partial charge on any atom is -0.371 e. The molecular weight excluding hydrogens is 460 g/mol. The number of pyridine rings is 1. The summed E-state index contributed by atoms with van der Waals surface area (Å²) in [4.78, 5) is 50.1. The van der Waals surface area contributed by atoms with Crippen LogP contribution in [0.1, 0.15) is 46.6 Å². The van der Waals surface area contributed by atoms with Crippen LogP contribution in [0.3, 0.4) is 0 Å². The molecule has 0 spiro atoms. The molecule has 3 N–H and O–H groups in total. The largest absolute Gasteiger partial charge is 0.371 e. The molecule has 3 amide bonds. The van der Waals surface area contributed by atoms with Gasteiger partial charge in [-0.15, -0.1) is 0 Å². The zero-order chi connectivity index (χ0) is 26.9. The SMILES string of the molecule is CO[C@H](C(N)=O)[C@@H](CC(C)C)C(=O)N(OCc1ccccc1)[C@H](C(=O)Nc1ccccn1)C(C)(C)C. The van der Waals surface area contributed by atoms with Gasteiger partial charge in [-0.1, -0.05) is 71.0 Å². The van der Waals surface area contributed by atoms with E-state index in [1.165, 1.54) is 7.11 Å². The van der Waals surface area contributed by atoms with Crippen LogP contribution < -0.4 is 11.1 Å². The number of hydrogen-bond donors (Lipinski definition) is 2. The van der Waals surface area contributed by atoms with Gasteiger partial charge in [0.2, 0.25) is 5.91 Å². The van der Waals surface area contributed by atoms with Crippen LogP contribution in [-0.2, 0) is 30.6 Å². The van der Waals surface area contributed by atoms with Crippen LogP contribution in [0.5, 0.6) is 0 Å². The molecule has 2 aromatic rings. The van der Waals surface area contributed by atoms with E-state index in [9.17, 15) is 14.4 Å². The highest BCUT2D eigenvalue weighted by Crippen LogP contribution is 2.30. The molecular formula is C27H38N4O5. The van der Waals surface area contributed by atoms with Crippen molar-refractivity contribution in [2.75, 3.05) is 12.4 Å². The lowest BCUT2D eigenvalue weighted by Crippen LogP contribution is -2.57. The fourth-order valence-electron chi connectivity index (χ4n) is 3.97. The summed E-state index contributed by atoms with van der Waals surface area (Å²) in [6.07, 6.45) is 0.692. The number of primary amides is 1. The van der Waals surface area contributed by atoms with Gasteiger partial charge in [0.05, 0.1) is 5.92 Å². The van der Waals surface area contributed by atoms with E-state index < -0.39 is 41.2 Å². The summed E-state index contributed by atoms with van der Waals surface area (Å²) in [5.74, 6) is -2.35. The minimum absolute atomic E-state index is 0.0403. The van der Waals surface area contributed by atoms with Gasteiger partial charge in [-0.25, -0.2) is 10.0 Å². The Kier molecular flexibility index (Phi) is 10.6. The van der Waals surface area contributed by atoms with Gasteiger partial charge in [-0.3, -0.25) is 19.2 Å². The van der Waals surface area contributed by atoms with Crippen LogP contribution in [0.4, 0.5) is 5.82 Å². The number of hydroxylamine groups is 2. The molecule has 1 aromatic heterocycles. The van der Waals surface area contributed by atoms with E-state index >= 15 is 0 Å². The number of ether oxygens (including phenoxy) is 1. The number of amides is 3.